The number of esters is 2. The molecule has 2 N–H and O–H groups in total. The minimum Gasteiger partial charge on any atom is -0.760 e. The molecule has 5 aromatic carbocycles. The third-order valence-electron chi connectivity index (χ3n) is 11.8. The van der Waals surface area contributed by atoms with E-state index in [-0.39, 0.29) is 63.1 Å². The average molecular weight is 992 g/mol. The lowest BCUT2D eigenvalue weighted by Crippen LogP contribution is -2.54. The number of rotatable bonds is 21. The summed E-state index contributed by atoms with van der Waals surface area (Å²) in [5.41, 5.74) is 4.21. The monoisotopic (exact) mass is 991 g/mol. The molecule has 4 unspecified atom stereocenters. The molecule has 4 atom stereocenters. The summed E-state index contributed by atoms with van der Waals surface area (Å²) in [4.78, 5) is 54.5. The van der Waals surface area contributed by atoms with Crippen LogP contribution in [0.4, 0.5) is 0 Å². The molecule has 0 radical (unpaired) electrons. The van der Waals surface area contributed by atoms with Crippen molar-refractivity contribution < 1.29 is 55.3 Å². The van der Waals surface area contributed by atoms with Gasteiger partial charge >= 0.3 is 11.9 Å². The smallest absolute Gasteiger partial charge is 0.358 e. The van der Waals surface area contributed by atoms with Crippen LogP contribution in [0.2, 0.25) is 0 Å². The van der Waals surface area contributed by atoms with Gasteiger partial charge in [0.05, 0.1) is 18.1 Å². The summed E-state index contributed by atoms with van der Waals surface area (Å²) in [6.45, 7) is -0.113. The number of nitrogens with zero attached hydrogens (tertiary/aromatic N) is 2. The van der Waals surface area contributed by atoms with Crippen molar-refractivity contribution in [3.8, 4) is 11.1 Å². The number of hydrogen-bond donors (Lipinski definition) is 2. The molecular formula is C52H55N4O12S2-. The lowest BCUT2D eigenvalue weighted by Gasteiger charge is -2.35. The molecule has 0 aliphatic carbocycles. The lowest BCUT2D eigenvalue weighted by molar-refractivity contribution is -0.151. The van der Waals surface area contributed by atoms with Crippen LogP contribution in [0.3, 0.4) is 0 Å². The molecule has 2 fully saturated rings. The van der Waals surface area contributed by atoms with E-state index >= 15 is 0 Å². The summed E-state index contributed by atoms with van der Waals surface area (Å²) in [6, 6.07) is 37.8. The fourth-order valence-corrected chi connectivity index (χ4v) is 10.4. The predicted octanol–water partition coefficient (Wildman–Crippen LogP) is 6.21. The van der Waals surface area contributed by atoms with Crippen LogP contribution in [0.5, 0.6) is 0 Å². The second-order valence-corrected chi connectivity index (χ2v) is 19.6. The van der Waals surface area contributed by atoms with E-state index in [2.05, 4.69) is 10.6 Å². The van der Waals surface area contributed by atoms with Crippen LogP contribution in [-0.2, 0) is 85.8 Å². The predicted molar refractivity (Wildman–Crippen MR) is 258 cm³/mol. The van der Waals surface area contributed by atoms with Crippen LogP contribution in [0.1, 0.15) is 60.8 Å². The molecule has 5 aromatic rings. The number of carbonyl (C=O) groups is 4. The Labute approximate surface area is 410 Å². The molecule has 2 saturated heterocycles. The summed E-state index contributed by atoms with van der Waals surface area (Å²) in [5, 5.41) is 5.24. The van der Waals surface area contributed by atoms with Crippen molar-refractivity contribution in [2.24, 2.45) is 0 Å². The van der Waals surface area contributed by atoms with Crippen molar-refractivity contribution in [3.05, 3.63) is 174 Å². The fraction of sp³-hybridized carbons (Fsp3) is 0.308. The highest BCUT2D eigenvalue weighted by Gasteiger charge is 2.39. The van der Waals surface area contributed by atoms with E-state index in [4.69, 9.17) is 18.9 Å². The maximum atomic E-state index is 14.0. The van der Waals surface area contributed by atoms with Gasteiger partial charge in [-0.05, 0) is 71.2 Å². The van der Waals surface area contributed by atoms with Gasteiger partial charge in [0.25, 0.3) is 0 Å². The highest BCUT2D eigenvalue weighted by atomic mass is 32.2. The Morgan fingerprint density at radius 3 is 1.81 bits per heavy atom. The van der Waals surface area contributed by atoms with Crippen molar-refractivity contribution in [1.82, 2.24) is 19.2 Å². The Morgan fingerprint density at radius 2 is 1.19 bits per heavy atom. The first-order chi connectivity index (χ1) is 34.0. The van der Waals surface area contributed by atoms with Crippen LogP contribution < -0.4 is 10.6 Å². The fourth-order valence-electron chi connectivity index (χ4n) is 8.04. The summed E-state index contributed by atoms with van der Waals surface area (Å²) in [5.74, 6) is -3.05. The first-order valence-corrected chi connectivity index (χ1v) is 25.5. The van der Waals surface area contributed by atoms with E-state index in [0.29, 0.717) is 43.2 Å². The van der Waals surface area contributed by atoms with Gasteiger partial charge in [-0.1, -0.05) is 140 Å². The third-order valence-corrected chi connectivity index (χ3v) is 14.6. The zero-order chi connectivity index (χ0) is 49.3. The van der Waals surface area contributed by atoms with E-state index in [9.17, 15) is 36.4 Å². The number of ether oxygens (including phenoxy) is 4. The minimum atomic E-state index is -4.12. The largest absolute Gasteiger partial charge is 0.760 e. The van der Waals surface area contributed by atoms with Gasteiger partial charge < -0.3 is 34.1 Å². The van der Waals surface area contributed by atoms with Crippen LogP contribution in [-0.4, -0.2) is 87.4 Å². The topological polar surface area (TPSA) is 210 Å². The second-order valence-electron chi connectivity index (χ2n) is 16.8. The van der Waals surface area contributed by atoms with Gasteiger partial charge in [-0.3, -0.25) is 13.8 Å². The van der Waals surface area contributed by atoms with Crippen molar-refractivity contribution in [2.75, 3.05) is 19.7 Å². The molecule has 0 aromatic heterocycles. The molecule has 0 saturated carbocycles. The van der Waals surface area contributed by atoms with Crippen LogP contribution >= 0.6 is 0 Å². The highest BCUT2D eigenvalue weighted by molar-refractivity contribution is 7.89. The summed E-state index contributed by atoms with van der Waals surface area (Å²) >= 11 is -2.62. The zero-order valence-corrected chi connectivity index (χ0v) is 40.0. The number of carbonyl (C=O) groups excluding carboxylic acids is 4. The van der Waals surface area contributed by atoms with Gasteiger partial charge in [0.1, 0.15) is 38.2 Å². The van der Waals surface area contributed by atoms with Crippen molar-refractivity contribution in [1.29, 1.82) is 0 Å². The maximum Gasteiger partial charge on any atom is 0.358 e. The standard InChI is InChI=1S/C52H56N4O12S2/c57-49(47-20-10-12-30-55(47)69(61)62)53-45(36-65-32-38-14-4-1-5-15-38)51(59)67-34-40-22-24-41(25-23-40)35-68-52(60)46(37-66-33-39-16-6-2-7-17-39)54-50(58)48-21-11-13-31-56(48)70(63,64)44-28-26-43(27-29-44)42-18-8-3-9-19-42/h1-9,14-19,22-29,37,45,47-48H,10-13,20-21,30-36H2,(H,53,57)(H,54,58)(H,61,62)/p-1. The minimum absolute atomic E-state index is 0.0407. The molecule has 2 aliphatic heterocycles. The molecule has 0 bridgehead atoms. The third kappa shape index (κ3) is 14.3. The van der Waals surface area contributed by atoms with Gasteiger partial charge in [-0.2, -0.15) is 4.31 Å². The van der Waals surface area contributed by atoms with Gasteiger partial charge in [0, 0.05) is 24.4 Å². The number of piperidine rings is 2. The highest BCUT2D eigenvalue weighted by Crippen LogP contribution is 2.28. The maximum absolute atomic E-state index is 14.0. The number of sulfonamides is 1. The number of nitrogens with one attached hydrogen (secondary N) is 2. The molecule has 0 spiro atoms. The van der Waals surface area contributed by atoms with Crippen LogP contribution in [0.25, 0.3) is 11.1 Å². The molecule has 2 aliphatic rings. The molecule has 7 rings (SSSR count). The number of amides is 2. The van der Waals surface area contributed by atoms with Crippen LogP contribution in [0, 0.1) is 0 Å². The van der Waals surface area contributed by atoms with E-state index in [1.807, 2.05) is 91.0 Å². The van der Waals surface area contributed by atoms with E-state index in [1.165, 1.54) is 16.4 Å². The zero-order valence-electron chi connectivity index (χ0n) is 38.4. The Morgan fingerprint density at radius 1 is 0.643 bits per heavy atom. The summed E-state index contributed by atoms with van der Waals surface area (Å²) in [6.07, 6.45) is 4.03. The SMILES string of the molecule is O=C(OCc1ccc(COC(=O)C(COCc2ccccc2)NC(=O)C2CCCCN2S(=O)[O-])cc1)C(=COCc1ccccc1)NC(=O)C1CCCCN1S(=O)(=O)c1ccc(-c2ccccc2)cc1. The molecule has 70 heavy (non-hydrogen) atoms. The van der Waals surface area contributed by atoms with Crippen molar-refractivity contribution in [3.63, 3.8) is 0 Å². The summed E-state index contributed by atoms with van der Waals surface area (Å²) < 4.78 is 76.8. The van der Waals surface area contributed by atoms with Crippen molar-refractivity contribution >= 4 is 45.0 Å². The Hall–Kier alpha value is -6.54. The van der Waals surface area contributed by atoms with Gasteiger partial charge in [0.2, 0.25) is 21.8 Å². The Balaban J connectivity index is 0.975. The molecule has 2 heterocycles. The molecule has 368 valence electrons. The van der Waals surface area contributed by atoms with Gasteiger partial charge in [-0.25, -0.2) is 22.3 Å². The normalized spacial score (nSPS) is 17.6. The van der Waals surface area contributed by atoms with E-state index in [1.54, 1.807) is 36.4 Å². The van der Waals surface area contributed by atoms with Gasteiger partial charge in [-0.15, -0.1) is 0 Å². The quantitative estimate of drug-likeness (QED) is 0.0364. The second kappa shape index (κ2) is 25.4. The Bertz CT molecular complexity index is 2690. The Kier molecular flexibility index (Phi) is 18.6. The molecular weight excluding hydrogens is 937 g/mol. The molecule has 2 amide bonds. The number of hydrogen-bond acceptors (Lipinski definition) is 12. The van der Waals surface area contributed by atoms with Crippen LogP contribution in [0.15, 0.2) is 156 Å². The average Bonchev–Trinajstić information content (AvgIpc) is 3.40. The van der Waals surface area contributed by atoms with E-state index in [0.717, 1.165) is 32.8 Å². The first-order valence-electron chi connectivity index (χ1n) is 23.0. The summed E-state index contributed by atoms with van der Waals surface area (Å²) in [7, 11) is -4.12. The number of benzene rings is 5. The van der Waals surface area contributed by atoms with E-state index < -0.39 is 63.2 Å². The van der Waals surface area contributed by atoms with Crippen molar-refractivity contribution in [2.45, 2.75) is 88.0 Å². The van der Waals surface area contributed by atoms with Gasteiger partial charge in [0.15, 0.2) is 11.7 Å². The molecule has 18 heteroatoms. The lowest BCUT2D eigenvalue weighted by atomic mass is 10.0. The first kappa shape index (κ1) is 51.3. The molecule has 16 nitrogen and oxygen atoms in total.